The number of carbonyl (C=O) groups excluding carboxylic acids is 2. The highest BCUT2D eigenvalue weighted by Gasteiger charge is 2.22. The van der Waals surface area contributed by atoms with E-state index in [4.69, 9.17) is 9.47 Å². The van der Waals surface area contributed by atoms with Gasteiger partial charge in [-0.25, -0.2) is 0 Å². The fraction of sp³-hybridized carbons (Fsp3) is 0.257. The van der Waals surface area contributed by atoms with Crippen LogP contribution in [0.3, 0.4) is 0 Å². The third kappa shape index (κ3) is 7.34. The van der Waals surface area contributed by atoms with E-state index in [1.807, 2.05) is 12.1 Å². The Bertz CT molecular complexity index is 1370. The van der Waals surface area contributed by atoms with Crippen molar-refractivity contribution in [3.05, 3.63) is 118 Å². The minimum absolute atomic E-state index is 0.154. The van der Waals surface area contributed by atoms with Crippen LogP contribution in [0.15, 0.2) is 84.9 Å². The van der Waals surface area contributed by atoms with Gasteiger partial charge in [-0.2, -0.15) is 0 Å². The van der Waals surface area contributed by atoms with Crippen LogP contribution in [0.4, 0.5) is 0 Å². The van der Waals surface area contributed by atoms with Crippen LogP contribution in [-0.2, 0) is 6.42 Å². The van der Waals surface area contributed by atoms with E-state index in [-0.39, 0.29) is 40.6 Å². The molecule has 6 nitrogen and oxygen atoms in total. The second-order valence-electron chi connectivity index (χ2n) is 9.93. The number of ketones is 2. The average molecular weight is 553 g/mol. The SMILES string of the molecule is CCCCOc1cc(O)c(C(=O)c2ccccc2)cc1Cc1cc(C(=O)c2ccccc2)c(O)cc1OCCCC. The first-order chi connectivity index (χ1) is 19.9. The number of hydrogen-bond acceptors (Lipinski definition) is 6. The Hall–Kier alpha value is -4.58. The van der Waals surface area contributed by atoms with E-state index in [0.29, 0.717) is 47.0 Å². The largest absolute Gasteiger partial charge is 0.507 e. The van der Waals surface area contributed by atoms with Gasteiger partial charge in [0.1, 0.15) is 23.0 Å². The van der Waals surface area contributed by atoms with Crippen LogP contribution in [0, 0.1) is 0 Å². The summed E-state index contributed by atoms with van der Waals surface area (Å²) in [5.41, 5.74) is 2.53. The molecule has 0 aliphatic heterocycles. The van der Waals surface area contributed by atoms with Gasteiger partial charge in [-0.3, -0.25) is 9.59 Å². The molecule has 2 N–H and O–H groups in total. The van der Waals surface area contributed by atoms with Gasteiger partial charge in [0.2, 0.25) is 0 Å². The van der Waals surface area contributed by atoms with E-state index in [1.54, 1.807) is 60.7 Å². The Morgan fingerprint density at radius 2 is 1.00 bits per heavy atom. The maximum Gasteiger partial charge on any atom is 0.196 e. The lowest BCUT2D eigenvalue weighted by Crippen LogP contribution is -2.08. The first-order valence-electron chi connectivity index (χ1n) is 14.1. The molecule has 0 aromatic heterocycles. The molecule has 0 saturated heterocycles. The Balaban J connectivity index is 1.80. The lowest BCUT2D eigenvalue weighted by atomic mass is 9.94. The van der Waals surface area contributed by atoms with Crippen LogP contribution in [-0.4, -0.2) is 35.0 Å². The summed E-state index contributed by atoms with van der Waals surface area (Å²) in [5, 5.41) is 21.7. The van der Waals surface area contributed by atoms with Crippen LogP contribution >= 0.6 is 0 Å². The van der Waals surface area contributed by atoms with E-state index in [1.165, 1.54) is 12.1 Å². The quantitative estimate of drug-likeness (QED) is 0.124. The Labute approximate surface area is 241 Å². The molecule has 4 aromatic rings. The molecule has 4 rings (SSSR count). The number of carbonyl (C=O) groups is 2. The molecule has 41 heavy (non-hydrogen) atoms. The van der Waals surface area contributed by atoms with Crippen molar-refractivity contribution in [2.75, 3.05) is 13.2 Å². The van der Waals surface area contributed by atoms with Gasteiger partial charge in [0.05, 0.1) is 24.3 Å². The number of phenolic OH excluding ortho intramolecular Hbond substituents is 2. The van der Waals surface area contributed by atoms with E-state index >= 15 is 0 Å². The lowest BCUT2D eigenvalue weighted by Gasteiger charge is -2.18. The van der Waals surface area contributed by atoms with Crippen molar-refractivity contribution >= 4 is 11.6 Å². The predicted molar refractivity (Wildman–Crippen MR) is 160 cm³/mol. The summed E-state index contributed by atoms with van der Waals surface area (Å²) in [6.45, 7) is 5.01. The number of ether oxygens (including phenoxy) is 2. The summed E-state index contributed by atoms with van der Waals surface area (Å²) in [6.07, 6.45) is 3.76. The zero-order valence-electron chi connectivity index (χ0n) is 23.6. The van der Waals surface area contributed by atoms with Crippen molar-refractivity contribution < 1.29 is 29.3 Å². The van der Waals surface area contributed by atoms with Crippen molar-refractivity contribution in [2.24, 2.45) is 0 Å². The predicted octanol–water partition coefficient (Wildman–Crippen LogP) is 7.51. The van der Waals surface area contributed by atoms with E-state index in [9.17, 15) is 19.8 Å². The molecule has 0 radical (unpaired) electrons. The Morgan fingerprint density at radius 3 is 1.37 bits per heavy atom. The third-order valence-corrected chi connectivity index (χ3v) is 6.81. The summed E-state index contributed by atoms with van der Waals surface area (Å²) < 4.78 is 12.1. The molecule has 0 bridgehead atoms. The minimum atomic E-state index is -0.311. The average Bonchev–Trinajstić information content (AvgIpc) is 2.99. The van der Waals surface area contributed by atoms with Crippen molar-refractivity contribution in [1.82, 2.24) is 0 Å². The highest BCUT2D eigenvalue weighted by atomic mass is 16.5. The topological polar surface area (TPSA) is 93.1 Å². The fourth-order valence-electron chi connectivity index (χ4n) is 4.48. The lowest BCUT2D eigenvalue weighted by molar-refractivity contribution is 0.102. The van der Waals surface area contributed by atoms with Crippen molar-refractivity contribution in [2.45, 2.75) is 46.0 Å². The second-order valence-corrected chi connectivity index (χ2v) is 9.93. The number of phenols is 2. The molecule has 0 heterocycles. The second kappa shape index (κ2) is 14.2. The third-order valence-electron chi connectivity index (χ3n) is 6.81. The first-order valence-corrected chi connectivity index (χ1v) is 14.1. The zero-order valence-corrected chi connectivity index (χ0v) is 23.6. The van der Waals surface area contributed by atoms with Crippen LogP contribution in [0.25, 0.3) is 0 Å². The van der Waals surface area contributed by atoms with Gasteiger partial charge in [-0.15, -0.1) is 0 Å². The van der Waals surface area contributed by atoms with Crippen molar-refractivity contribution in [3.63, 3.8) is 0 Å². The molecule has 0 atom stereocenters. The Kier molecular flexibility index (Phi) is 10.2. The number of benzene rings is 4. The van der Waals surface area contributed by atoms with Gasteiger partial charge in [-0.05, 0) is 36.1 Å². The van der Waals surface area contributed by atoms with Gasteiger partial charge in [0, 0.05) is 29.7 Å². The number of aromatic hydroxyl groups is 2. The van der Waals surface area contributed by atoms with Crippen LogP contribution in [0.2, 0.25) is 0 Å². The van der Waals surface area contributed by atoms with E-state index in [2.05, 4.69) is 13.8 Å². The molecule has 0 amide bonds. The molecule has 6 heteroatoms. The van der Waals surface area contributed by atoms with Gasteiger partial charge in [0.15, 0.2) is 11.6 Å². The molecule has 0 saturated carbocycles. The van der Waals surface area contributed by atoms with Crippen LogP contribution in [0.1, 0.15) is 82.5 Å². The molecule has 0 aliphatic rings. The normalized spacial score (nSPS) is 10.8. The maximum absolute atomic E-state index is 13.3. The van der Waals surface area contributed by atoms with Gasteiger partial charge >= 0.3 is 0 Å². The smallest absolute Gasteiger partial charge is 0.196 e. The molecular formula is C35H36O6. The highest BCUT2D eigenvalue weighted by Crippen LogP contribution is 2.36. The van der Waals surface area contributed by atoms with Gasteiger partial charge in [-0.1, -0.05) is 87.4 Å². The number of rotatable bonds is 14. The Morgan fingerprint density at radius 1 is 0.610 bits per heavy atom. The molecular weight excluding hydrogens is 516 g/mol. The molecule has 0 unspecified atom stereocenters. The number of hydrogen-bond donors (Lipinski definition) is 2. The van der Waals surface area contributed by atoms with Crippen LogP contribution in [0.5, 0.6) is 23.0 Å². The molecule has 4 aromatic carbocycles. The summed E-state index contributed by atoms with van der Waals surface area (Å²) in [7, 11) is 0. The van der Waals surface area contributed by atoms with E-state index < -0.39 is 0 Å². The monoisotopic (exact) mass is 552 g/mol. The summed E-state index contributed by atoms with van der Waals surface area (Å²) in [4.78, 5) is 26.7. The maximum atomic E-state index is 13.3. The van der Waals surface area contributed by atoms with Gasteiger partial charge < -0.3 is 19.7 Å². The van der Waals surface area contributed by atoms with Crippen LogP contribution < -0.4 is 9.47 Å². The fourth-order valence-corrected chi connectivity index (χ4v) is 4.48. The molecule has 0 aliphatic carbocycles. The summed E-state index contributed by atoms with van der Waals surface area (Å²) in [5.74, 6) is -0.0597. The molecule has 0 fully saturated rings. The first kappa shape index (κ1) is 29.4. The highest BCUT2D eigenvalue weighted by molar-refractivity contribution is 6.11. The summed E-state index contributed by atoms with van der Waals surface area (Å²) >= 11 is 0. The molecule has 0 spiro atoms. The molecule has 212 valence electrons. The van der Waals surface area contributed by atoms with Gasteiger partial charge in [0.25, 0.3) is 0 Å². The minimum Gasteiger partial charge on any atom is -0.507 e. The van der Waals surface area contributed by atoms with Crippen molar-refractivity contribution in [3.8, 4) is 23.0 Å². The van der Waals surface area contributed by atoms with Crippen molar-refractivity contribution in [1.29, 1.82) is 0 Å². The standard InChI is InChI=1S/C35H36O6/c1-3-5-17-40-32-22-30(36)28(34(38)24-13-9-7-10-14-24)20-26(32)19-27-21-29(35(39)25-15-11-8-12-16-25)31(37)23-33(27)41-18-6-4-2/h7-16,20-23,36-37H,3-6,17-19H2,1-2H3. The number of unbranched alkanes of at least 4 members (excludes halogenated alkanes) is 2. The zero-order chi connectivity index (χ0) is 29.2. The summed E-state index contributed by atoms with van der Waals surface area (Å²) in [6, 6.07) is 23.8. The van der Waals surface area contributed by atoms with E-state index in [0.717, 1.165) is 25.7 Å².